The summed E-state index contributed by atoms with van der Waals surface area (Å²) in [5, 5.41) is 3.00. The van der Waals surface area contributed by atoms with Gasteiger partial charge >= 0.3 is 5.97 Å². The number of methoxy groups -OCH3 is 1. The second kappa shape index (κ2) is 6.41. The average molecular weight is 297 g/mol. The number of carbonyl (C=O) groups excluding carboxylic acids is 1. The van der Waals surface area contributed by atoms with Gasteiger partial charge in [-0.2, -0.15) is 0 Å². The van der Waals surface area contributed by atoms with Gasteiger partial charge in [0.05, 0.1) is 18.4 Å². The van der Waals surface area contributed by atoms with Crippen LogP contribution in [0.15, 0.2) is 12.1 Å². The number of hydrogen-bond acceptors (Lipinski definition) is 3. The standard InChI is InChI=1S/C16H21F2NO2/c1-3-16(8-4-5-9-16)10-19-12-7-6-11(15(20)21-2)13(17)14(12)18/h6-7,19H,3-5,8-10H2,1-2H3. The van der Waals surface area contributed by atoms with Crippen LogP contribution < -0.4 is 5.32 Å². The number of ether oxygens (including phenoxy) is 1. The van der Waals surface area contributed by atoms with Crippen molar-refractivity contribution >= 4 is 11.7 Å². The lowest BCUT2D eigenvalue weighted by atomic mass is 9.83. The van der Waals surface area contributed by atoms with Gasteiger partial charge in [0.25, 0.3) is 0 Å². The van der Waals surface area contributed by atoms with Gasteiger partial charge < -0.3 is 10.1 Å². The van der Waals surface area contributed by atoms with E-state index in [1.54, 1.807) is 0 Å². The molecular formula is C16H21F2NO2. The van der Waals surface area contributed by atoms with Crippen LogP contribution in [-0.2, 0) is 4.74 Å². The maximum atomic E-state index is 14.0. The topological polar surface area (TPSA) is 38.3 Å². The molecule has 1 aromatic rings. The number of anilines is 1. The number of nitrogens with one attached hydrogen (secondary N) is 1. The molecule has 0 heterocycles. The van der Waals surface area contributed by atoms with E-state index in [1.807, 2.05) is 0 Å². The molecule has 3 nitrogen and oxygen atoms in total. The Bertz CT molecular complexity index is 525. The molecule has 0 bridgehead atoms. The quantitative estimate of drug-likeness (QED) is 0.830. The zero-order valence-corrected chi connectivity index (χ0v) is 12.5. The molecule has 0 spiro atoms. The summed E-state index contributed by atoms with van der Waals surface area (Å²) in [4.78, 5) is 11.3. The van der Waals surface area contributed by atoms with Crippen molar-refractivity contribution in [3.63, 3.8) is 0 Å². The second-order valence-electron chi connectivity index (χ2n) is 5.69. The summed E-state index contributed by atoms with van der Waals surface area (Å²) in [7, 11) is 1.14. The third-order valence-electron chi connectivity index (χ3n) is 4.56. The molecule has 1 N–H and O–H groups in total. The van der Waals surface area contributed by atoms with Crippen molar-refractivity contribution in [1.29, 1.82) is 0 Å². The van der Waals surface area contributed by atoms with E-state index in [9.17, 15) is 13.6 Å². The highest BCUT2D eigenvalue weighted by Crippen LogP contribution is 2.41. The number of rotatable bonds is 5. The summed E-state index contributed by atoms with van der Waals surface area (Å²) in [6, 6.07) is 2.64. The second-order valence-corrected chi connectivity index (χ2v) is 5.69. The SMILES string of the molecule is CCC1(CNc2ccc(C(=O)OC)c(F)c2F)CCCC1. The van der Waals surface area contributed by atoms with Crippen LogP contribution in [0, 0.1) is 17.0 Å². The summed E-state index contributed by atoms with van der Waals surface area (Å²) < 4.78 is 32.3. The van der Waals surface area contributed by atoms with Crippen molar-refractivity contribution in [1.82, 2.24) is 0 Å². The van der Waals surface area contributed by atoms with Gasteiger partial charge in [-0.1, -0.05) is 19.8 Å². The summed E-state index contributed by atoms with van der Waals surface area (Å²) in [6.07, 6.45) is 5.62. The van der Waals surface area contributed by atoms with Crippen molar-refractivity contribution in [3.8, 4) is 0 Å². The van der Waals surface area contributed by atoms with E-state index in [4.69, 9.17) is 0 Å². The molecule has 0 aliphatic heterocycles. The predicted octanol–water partition coefficient (Wildman–Crippen LogP) is 4.13. The molecule has 1 fully saturated rings. The summed E-state index contributed by atoms with van der Waals surface area (Å²) in [5.74, 6) is -3.07. The Kier molecular flexibility index (Phi) is 4.80. The fraction of sp³-hybridized carbons (Fsp3) is 0.562. The van der Waals surface area contributed by atoms with Crippen molar-refractivity contribution in [2.24, 2.45) is 5.41 Å². The van der Waals surface area contributed by atoms with Gasteiger partial charge in [-0.25, -0.2) is 13.6 Å². The molecule has 1 saturated carbocycles. The average Bonchev–Trinajstić information content (AvgIpc) is 2.97. The van der Waals surface area contributed by atoms with Gasteiger partial charge in [0, 0.05) is 6.54 Å². The maximum Gasteiger partial charge on any atom is 0.340 e. The molecule has 1 aliphatic carbocycles. The number of benzene rings is 1. The van der Waals surface area contributed by atoms with Gasteiger partial charge in [-0.05, 0) is 36.8 Å². The minimum Gasteiger partial charge on any atom is -0.465 e. The summed E-state index contributed by atoms with van der Waals surface area (Å²) >= 11 is 0. The van der Waals surface area contributed by atoms with Gasteiger partial charge in [0.1, 0.15) is 0 Å². The maximum absolute atomic E-state index is 14.0. The fourth-order valence-corrected chi connectivity index (χ4v) is 3.02. The fourth-order valence-electron chi connectivity index (χ4n) is 3.02. The highest BCUT2D eigenvalue weighted by molar-refractivity contribution is 5.90. The lowest BCUT2D eigenvalue weighted by molar-refractivity contribution is 0.0594. The van der Waals surface area contributed by atoms with E-state index in [2.05, 4.69) is 17.0 Å². The molecule has 2 rings (SSSR count). The number of halogens is 2. The first kappa shape index (κ1) is 15.7. The Morgan fingerprint density at radius 3 is 2.52 bits per heavy atom. The Hall–Kier alpha value is -1.65. The van der Waals surface area contributed by atoms with Gasteiger partial charge in [0.2, 0.25) is 0 Å². The molecule has 21 heavy (non-hydrogen) atoms. The molecule has 0 aromatic heterocycles. The third-order valence-corrected chi connectivity index (χ3v) is 4.56. The number of hydrogen-bond donors (Lipinski definition) is 1. The van der Waals surface area contributed by atoms with Crippen molar-refractivity contribution in [2.75, 3.05) is 19.0 Å². The summed E-state index contributed by atoms with van der Waals surface area (Å²) in [5.41, 5.74) is -0.115. The van der Waals surface area contributed by atoms with Crippen molar-refractivity contribution in [2.45, 2.75) is 39.0 Å². The molecule has 116 valence electrons. The molecule has 1 aliphatic rings. The largest absolute Gasteiger partial charge is 0.465 e. The number of esters is 1. The van der Waals surface area contributed by atoms with Crippen LogP contribution in [0.2, 0.25) is 0 Å². The molecule has 0 radical (unpaired) electrons. The molecular weight excluding hydrogens is 276 g/mol. The Morgan fingerprint density at radius 2 is 1.95 bits per heavy atom. The minimum absolute atomic E-state index is 0.0971. The Labute approximate surface area is 123 Å². The molecule has 0 amide bonds. The van der Waals surface area contributed by atoms with Crippen LogP contribution in [0.25, 0.3) is 0 Å². The van der Waals surface area contributed by atoms with Crippen molar-refractivity contribution < 1.29 is 18.3 Å². The van der Waals surface area contributed by atoms with E-state index < -0.39 is 17.6 Å². The van der Waals surface area contributed by atoms with Crippen LogP contribution in [0.3, 0.4) is 0 Å². The van der Waals surface area contributed by atoms with Crippen LogP contribution in [-0.4, -0.2) is 19.6 Å². The summed E-state index contributed by atoms with van der Waals surface area (Å²) in [6.45, 7) is 2.75. The minimum atomic E-state index is -1.16. The van der Waals surface area contributed by atoms with Crippen LogP contribution in [0.1, 0.15) is 49.4 Å². The van der Waals surface area contributed by atoms with E-state index in [0.717, 1.165) is 26.4 Å². The van der Waals surface area contributed by atoms with Gasteiger partial charge in [-0.3, -0.25) is 0 Å². The first-order valence-corrected chi connectivity index (χ1v) is 7.33. The lowest BCUT2D eigenvalue weighted by Crippen LogP contribution is -2.26. The van der Waals surface area contributed by atoms with Crippen LogP contribution in [0.4, 0.5) is 14.5 Å². The van der Waals surface area contributed by atoms with Gasteiger partial charge in [-0.15, -0.1) is 0 Å². The van der Waals surface area contributed by atoms with E-state index >= 15 is 0 Å². The predicted molar refractivity (Wildman–Crippen MR) is 77.4 cm³/mol. The zero-order chi connectivity index (χ0) is 15.5. The molecule has 5 heteroatoms. The van der Waals surface area contributed by atoms with Crippen LogP contribution in [0.5, 0.6) is 0 Å². The monoisotopic (exact) mass is 297 g/mol. The highest BCUT2D eigenvalue weighted by atomic mass is 19.2. The molecule has 1 aromatic carbocycles. The van der Waals surface area contributed by atoms with Gasteiger partial charge in [0.15, 0.2) is 11.6 Å². The first-order chi connectivity index (χ1) is 10.0. The van der Waals surface area contributed by atoms with E-state index in [0.29, 0.717) is 6.54 Å². The van der Waals surface area contributed by atoms with Crippen molar-refractivity contribution in [3.05, 3.63) is 29.3 Å². The molecule has 0 unspecified atom stereocenters. The van der Waals surface area contributed by atoms with E-state index in [1.165, 1.54) is 25.0 Å². The first-order valence-electron chi connectivity index (χ1n) is 7.33. The molecule has 0 saturated heterocycles. The van der Waals surface area contributed by atoms with Crippen LogP contribution >= 0.6 is 0 Å². The Balaban J connectivity index is 2.14. The highest BCUT2D eigenvalue weighted by Gasteiger charge is 2.32. The smallest absolute Gasteiger partial charge is 0.340 e. The lowest BCUT2D eigenvalue weighted by Gasteiger charge is -2.28. The van der Waals surface area contributed by atoms with E-state index in [-0.39, 0.29) is 16.7 Å². The molecule has 0 atom stereocenters. The normalized spacial score (nSPS) is 16.8. The number of carbonyl (C=O) groups is 1. The zero-order valence-electron chi connectivity index (χ0n) is 12.5. The third kappa shape index (κ3) is 3.17. The Morgan fingerprint density at radius 1 is 1.29 bits per heavy atom.